The highest BCUT2D eigenvalue weighted by molar-refractivity contribution is 5.92. The number of nitrogens with zero attached hydrogens (tertiary/aromatic N) is 4. The number of aromatic nitrogens is 2. The number of aryl methyl sites for hydroxylation is 1. The normalized spacial score (nSPS) is 19.8. The van der Waals surface area contributed by atoms with Crippen molar-refractivity contribution >= 4 is 17.6 Å². The Morgan fingerprint density at radius 2 is 1.80 bits per heavy atom. The Kier molecular flexibility index (Phi) is 6.13. The van der Waals surface area contributed by atoms with E-state index in [1.807, 2.05) is 16.7 Å². The molecule has 2 saturated heterocycles. The van der Waals surface area contributed by atoms with Gasteiger partial charge in [-0.3, -0.25) is 14.5 Å². The minimum absolute atomic E-state index is 0.159. The monoisotopic (exact) mass is 413 g/mol. The van der Waals surface area contributed by atoms with E-state index in [0.29, 0.717) is 11.5 Å². The third-order valence-corrected chi connectivity index (χ3v) is 5.83. The van der Waals surface area contributed by atoms with Crippen molar-refractivity contribution in [3.05, 3.63) is 41.8 Å². The average molecular weight is 413 g/mol. The highest BCUT2D eigenvalue weighted by Gasteiger charge is 2.33. The molecule has 7 nitrogen and oxygen atoms in total. The Balaban J connectivity index is 1.45. The van der Waals surface area contributed by atoms with E-state index in [1.54, 1.807) is 22.9 Å². The molecule has 0 aliphatic carbocycles. The van der Waals surface area contributed by atoms with E-state index < -0.39 is 0 Å². The van der Waals surface area contributed by atoms with Gasteiger partial charge >= 0.3 is 0 Å². The molecule has 1 N–H and O–H groups in total. The van der Waals surface area contributed by atoms with Crippen molar-refractivity contribution in [3.8, 4) is 5.69 Å². The second-order valence-electron chi connectivity index (χ2n) is 8.12. The number of nitrogens with one attached hydrogen (secondary N) is 1. The van der Waals surface area contributed by atoms with Crippen molar-refractivity contribution in [2.24, 2.45) is 0 Å². The number of benzene rings is 1. The summed E-state index contributed by atoms with van der Waals surface area (Å²) in [4.78, 5) is 29.7. The van der Waals surface area contributed by atoms with Crippen LogP contribution < -0.4 is 5.32 Å². The highest BCUT2D eigenvalue weighted by Crippen LogP contribution is 2.22. The van der Waals surface area contributed by atoms with Gasteiger partial charge in [-0.15, -0.1) is 0 Å². The van der Waals surface area contributed by atoms with E-state index in [9.17, 15) is 14.0 Å². The number of hydrogen-bond donors (Lipinski definition) is 1. The summed E-state index contributed by atoms with van der Waals surface area (Å²) in [7, 11) is 0. The van der Waals surface area contributed by atoms with Crippen LogP contribution in [0.25, 0.3) is 5.69 Å². The molecule has 2 fully saturated rings. The predicted molar refractivity (Wildman–Crippen MR) is 112 cm³/mol. The zero-order chi connectivity index (χ0) is 21.1. The third kappa shape index (κ3) is 4.53. The first kappa shape index (κ1) is 20.5. The predicted octanol–water partition coefficient (Wildman–Crippen LogP) is 2.74. The molecule has 0 saturated carbocycles. The fourth-order valence-electron chi connectivity index (χ4n) is 4.34. The van der Waals surface area contributed by atoms with E-state index in [2.05, 4.69) is 10.4 Å². The van der Waals surface area contributed by atoms with Gasteiger partial charge in [0.25, 0.3) is 0 Å². The lowest BCUT2D eigenvalue weighted by Crippen LogP contribution is -2.52. The minimum atomic E-state index is -0.327. The Hall–Kier alpha value is -2.74. The molecule has 160 valence electrons. The molecule has 1 atom stereocenters. The van der Waals surface area contributed by atoms with Gasteiger partial charge < -0.3 is 10.2 Å². The zero-order valence-electron chi connectivity index (χ0n) is 17.3. The van der Waals surface area contributed by atoms with Crippen LogP contribution in [0.5, 0.6) is 0 Å². The first-order valence-electron chi connectivity index (χ1n) is 10.7. The number of likely N-dealkylation sites (tertiary alicyclic amines) is 2. The Labute approximate surface area is 175 Å². The number of anilines is 1. The maximum absolute atomic E-state index is 13.3. The lowest BCUT2D eigenvalue weighted by atomic mass is 10.0. The Morgan fingerprint density at radius 3 is 2.53 bits per heavy atom. The molecule has 0 radical (unpaired) electrons. The van der Waals surface area contributed by atoms with Gasteiger partial charge in [-0.1, -0.05) is 6.42 Å². The van der Waals surface area contributed by atoms with Crippen LogP contribution in [0.3, 0.4) is 0 Å². The van der Waals surface area contributed by atoms with Crippen molar-refractivity contribution in [3.63, 3.8) is 0 Å². The number of amides is 2. The van der Waals surface area contributed by atoms with Gasteiger partial charge in [0.2, 0.25) is 11.8 Å². The lowest BCUT2D eigenvalue weighted by molar-refractivity contribution is -0.137. The zero-order valence-corrected chi connectivity index (χ0v) is 17.3. The topological polar surface area (TPSA) is 70.5 Å². The third-order valence-electron chi connectivity index (χ3n) is 5.83. The number of rotatable bonds is 5. The second-order valence-corrected chi connectivity index (χ2v) is 8.12. The van der Waals surface area contributed by atoms with Gasteiger partial charge in [-0.05, 0) is 63.4 Å². The minimum Gasteiger partial charge on any atom is -0.341 e. The molecule has 8 heteroatoms. The fourth-order valence-corrected chi connectivity index (χ4v) is 4.34. The van der Waals surface area contributed by atoms with Crippen LogP contribution in [0.1, 0.15) is 37.8 Å². The number of halogens is 1. The summed E-state index contributed by atoms with van der Waals surface area (Å²) in [6, 6.07) is 7.52. The number of piperidine rings is 1. The molecule has 1 unspecified atom stereocenters. The molecule has 0 spiro atoms. The first-order valence-corrected chi connectivity index (χ1v) is 10.7. The summed E-state index contributed by atoms with van der Waals surface area (Å²) >= 11 is 0. The van der Waals surface area contributed by atoms with E-state index >= 15 is 0 Å². The van der Waals surface area contributed by atoms with Gasteiger partial charge in [0.15, 0.2) is 0 Å². The Bertz CT molecular complexity index is 905. The summed E-state index contributed by atoms with van der Waals surface area (Å²) < 4.78 is 14.8. The van der Waals surface area contributed by atoms with E-state index in [4.69, 9.17) is 0 Å². The molecule has 1 aromatic carbocycles. The van der Waals surface area contributed by atoms with Gasteiger partial charge in [-0.2, -0.15) is 5.10 Å². The van der Waals surface area contributed by atoms with Gasteiger partial charge in [-0.25, -0.2) is 9.07 Å². The smallest absolute Gasteiger partial charge is 0.239 e. The van der Waals surface area contributed by atoms with Crippen molar-refractivity contribution in [2.45, 2.75) is 45.1 Å². The van der Waals surface area contributed by atoms with Crippen LogP contribution in [0, 0.1) is 12.7 Å². The summed E-state index contributed by atoms with van der Waals surface area (Å²) in [5, 5.41) is 7.33. The van der Waals surface area contributed by atoms with Crippen LogP contribution >= 0.6 is 0 Å². The molecule has 0 bridgehead atoms. The average Bonchev–Trinajstić information content (AvgIpc) is 3.38. The number of hydrogen-bond acceptors (Lipinski definition) is 4. The highest BCUT2D eigenvalue weighted by atomic mass is 19.1. The summed E-state index contributed by atoms with van der Waals surface area (Å²) in [6.45, 7) is 4.40. The van der Waals surface area contributed by atoms with Gasteiger partial charge in [0, 0.05) is 19.2 Å². The molecule has 2 aromatic rings. The van der Waals surface area contributed by atoms with Crippen molar-refractivity contribution in [2.75, 3.05) is 31.5 Å². The van der Waals surface area contributed by atoms with Crippen molar-refractivity contribution < 1.29 is 14.0 Å². The summed E-state index contributed by atoms with van der Waals surface area (Å²) in [5.74, 6) is 0.183. The molecule has 3 heterocycles. The lowest BCUT2D eigenvalue weighted by Gasteiger charge is -2.36. The quantitative estimate of drug-likeness (QED) is 0.818. The van der Waals surface area contributed by atoms with Gasteiger partial charge in [0.1, 0.15) is 11.6 Å². The van der Waals surface area contributed by atoms with Crippen LogP contribution in [0.15, 0.2) is 30.3 Å². The maximum atomic E-state index is 13.3. The molecular weight excluding hydrogens is 385 g/mol. The van der Waals surface area contributed by atoms with Gasteiger partial charge in [0.05, 0.1) is 24.0 Å². The molecule has 2 aliphatic rings. The van der Waals surface area contributed by atoms with Crippen molar-refractivity contribution in [1.29, 1.82) is 0 Å². The molecule has 2 amide bonds. The van der Waals surface area contributed by atoms with Crippen LogP contribution in [-0.2, 0) is 9.59 Å². The van der Waals surface area contributed by atoms with E-state index in [-0.39, 0.29) is 30.2 Å². The van der Waals surface area contributed by atoms with Crippen LogP contribution in [-0.4, -0.2) is 63.6 Å². The summed E-state index contributed by atoms with van der Waals surface area (Å²) in [6.07, 6.45) is 4.93. The molecular formula is C22H28FN5O2. The summed E-state index contributed by atoms with van der Waals surface area (Å²) in [5.41, 5.74) is 1.41. The Morgan fingerprint density at radius 1 is 1.10 bits per heavy atom. The van der Waals surface area contributed by atoms with Crippen LogP contribution in [0.2, 0.25) is 0 Å². The SMILES string of the molecule is Cc1cc(NC(=O)CN2CCCCC2C(=O)N2CCCC2)n(-c2ccc(F)cc2)n1. The molecule has 1 aromatic heterocycles. The molecule has 2 aliphatic heterocycles. The van der Waals surface area contributed by atoms with Crippen molar-refractivity contribution in [1.82, 2.24) is 19.6 Å². The molecule has 30 heavy (non-hydrogen) atoms. The van der Waals surface area contributed by atoms with E-state index in [0.717, 1.165) is 57.4 Å². The van der Waals surface area contributed by atoms with Crippen LogP contribution in [0.4, 0.5) is 10.2 Å². The standard InChI is InChI=1S/C22H28FN5O2/c1-16-14-20(28(25-16)18-9-7-17(23)8-10-18)24-21(29)15-27-13-3-2-6-19(27)22(30)26-11-4-5-12-26/h7-10,14,19H,2-6,11-13,15H2,1H3,(H,24,29). The number of carbonyl (C=O) groups is 2. The molecule has 4 rings (SSSR count). The first-order chi connectivity index (χ1) is 14.5. The van der Waals surface area contributed by atoms with E-state index in [1.165, 1.54) is 12.1 Å². The number of carbonyl (C=O) groups excluding carboxylic acids is 2. The maximum Gasteiger partial charge on any atom is 0.239 e. The second kappa shape index (κ2) is 8.95. The largest absolute Gasteiger partial charge is 0.341 e. The fraction of sp³-hybridized carbons (Fsp3) is 0.500.